The van der Waals surface area contributed by atoms with Crippen LogP contribution in [-0.2, 0) is 0 Å². The summed E-state index contributed by atoms with van der Waals surface area (Å²) in [6.45, 7) is 5.35. The Morgan fingerprint density at radius 1 is 1.33 bits per heavy atom. The highest BCUT2D eigenvalue weighted by Gasteiger charge is 2.09. The van der Waals surface area contributed by atoms with Crippen molar-refractivity contribution in [3.05, 3.63) is 36.0 Å². The molecule has 0 atom stereocenters. The molecule has 1 rings (SSSR count). The van der Waals surface area contributed by atoms with Gasteiger partial charge in [-0.1, -0.05) is 44.2 Å². The fraction of sp³-hybridized carbons (Fsp3) is 0.455. The molecule has 1 nitrogen and oxygen atoms in total. The number of hydrogen-bond donors (Lipinski definition) is 1. The van der Waals surface area contributed by atoms with Gasteiger partial charge in [0, 0.05) is 12.0 Å². The van der Waals surface area contributed by atoms with Crippen LogP contribution in [0.25, 0.3) is 0 Å². The molecule has 1 aliphatic carbocycles. The van der Waals surface area contributed by atoms with E-state index in [4.69, 9.17) is 0 Å². The van der Waals surface area contributed by atoms with Crippen molar-refractivity contribution in [3.8, 4) is 0 Å². The highest BCUT2D eigenvalue weighted by molar-refractivity contribution is 5.31. The Morgan fingerprint density at radius 3 is 2.75 bits per heavy atom. The molecule has 0 aromatic heterocycles. The zero-order chi connectivity index (χ0) is 9.03. The van der Waals surface area contributed by atoms with Crippen LogP contribution in [0, 0.1) is 5.41 Å². The third-order valence-corrected chi connectivity index (χ3v) is 1.94. The number of likely N-dealkylation sites (N-methyl/N-ethyl adjacent to an activating group) is 1. The highest BCUT2D eigenvalue weighted by Crippen LogP contribution is 2.22. The summed E-state index contributed by atoms with van der Waals surface area (Å²) in [7, 11) is 1.97. The highest BCUT2D eigenvalue weighted by atomic mass is 14.8. The molecule has 0 bridgehead atoms. The fourth-order valence-electron chi connectivity index (χ4n) is 1.17. The second kappa shape index (κ2) is 3.72. The lowest BCUT2D eigenvalue weighted by Crippen LogP contribution is -2.09. The van der Waals surface area contributed by atoms with Crippen molar-refractivity contribution in [3.63, 3.8) is 0 Å². The first kappa shape index (κ1) is 9.27. The van der Waals surface area contributed by atoms with Gasteiger partial charge in [-0.2, -0.15) is 0 Å². The van der Waals surface area contributed by atoms with Gasteiger partial charge in [0.1, 0.15) is 0 Å². The maximum absolute atomic E-state index is 3.14. The smallest absolute Gasteiger partial charge is 0.0202 e. The third-order valence-electron chi connectivity index (χ3n) is 1.94. The largest absolute Gasteiger partial charge is 0.316 e. The first-order valence-corrected chi connectivity index (χ1v) is 4.36. The molecule has 0 saturated carbocycles. The van der Waals surface area contributed by atoms with E-state index in [-0.39, 0.29) is 5.41 Å². The first-order valence-electron chi connectivity index (χ1n) is 4.36. The molecule has 0 saturated heterocycles. The average molecular weight is 163 g/mol. The van der Waals surface area contributed by atoms with Gasteiger partial charge in [-0.05, 0) is 12.6 Å². The standard InChI is InChI=1S/C11H17N/c1-11(2)7-4-5-10(6-8-11)9-12-3/h4-8,12H,9H2,1-3H3. The molecule has 0 spiro atoms. The predicted molar refractivity (Wildman–Crippen MR) is 54.1 cm³/mol. The zero-order valence-corrected chi connectivity index (χ0v) is 8.09. The number of nitrogens with one attached hydrogen (secondary N) is 1. The molecule has 0 aliphatic heterocycles. The van der Waals surface area contributed by atoms with Crippen LogP contribution in [-0.4, -0.2) is 13.6 Å². The van der Waals surface area contributed by atoms with Gasteiger partial charge in [-0.15, -0.1) is 0 Å². The van der Waals surface area contributed by atoms with Crippen molar-refractivity contribution >= 4 is 0 Å². The molecule has 1 N–H and O–H groups in total. The van der Waals surface area contributed by atoms with Gasteiger partial charge in [0.25, 0.3) is 0 Å². The number of hydrogen-bond acceptors (Lipinski definition) is 1. The Morgan fingerprint density at radius 2 is 2.08 bits per heavy atom. The van der Waals surface area contributed by atoms with E-state index in [1.165, 1.54) is 5.57 Å². The van der Waals surface area contributed by atoms with Gasteiger partial charge in [-0.25, -0.2) is 0 Å². The minimum atomic E-state index is 0.200. The Bertz CT molecular complexity index is 231. The monoisotopic (exact) mass is 163 g/mol. The van der Waals surface area contributed by atoms with Crippen molar-refractivity contribution in [2.45, 2.75) is 13.8 Å². The van der Waals surface area contributed by atoms with E-state index < -0.39 is 0 Å². The normalized spacial score (nSPS) is 20.4. The summed E-state index contributed by atoms with van der Waals surface area (Å²) in [5, 5.41) is 3.14. The minimum Gasteiger partial charge on any atom is -0.316 e. The van der Waals surface area contributed by atoms with Crippen LogP contribution in [0.15, 0.2) is 36.0 Å². The lowest BCUT2D eigenvalue weighted by Gasteiger charge is -2.12. The van der Waals surface area contributed by atoms with Crippen molar-refractivity contribution < 1.29 is 0 Å². The fourth-order valence-corrected chi connectivity index (χ4v) is 1.17. The van der Waals surface area contributed by atoms with Crippen LogP contribution in [0.2, 0.25) is 0 Å². The van der Waals surface area contributed by atoms with E-state index in [0.29, 0.717) is 0 Å². The SMILES string of the molecule is CNCC1=CC=CC(C)(C)C=C1. The quantitative estimate of drug-likeness (QED) is 0.658. The van der Waals surface area contributed by atoms with Crippen molar-refractivity contribution in [2.24, 2.45) is 5.41 Å². The maximum Gasteiger partial charge on any atom is 0.0202 e. The summed E-state index contributed by atoms with van der Waals surface area (Å²) in [5.41, 5.74) is 1.53. The van der Waals surface area contributed by atoms with Crippen LogP contribution in [0.5, 0.6) is 0 Å². The molecule has 12 heavy (non-hydrogen) atoms. The second-order valence-electron chi connectivity index (χ2n) is 3.79. The molecule has 0 aromatic rings. The van der Waals surface area contributed by atoms with E-state index in [9.17, 15) is 0 Å². The van der Waals surface area contributed by atoms with Crippen LogP contribution in [0.4, 0.5) is 0 Å². The van der Waals surface area contributed by atoms with Gasteiger partial charge in [0.15, 0.2) is 0 Å². The molecule has 1 heteroatoms. The van der Waals surface area contributed by atoms with Crippen molar-refractivity contribution in [1.82, 2.24) is 5.32 Å². The van der Waals surface area contributed by atoms with Gasteiger partial charge < -0.3 is 5.32 Å². The summed E-state index contributed by atoms with van der Waals surface area (Å²) < 4.78 is 0. The van der Waals surface area contributed by atoms with Crippen LogP contribution < -0.4 is 5.32 Å². The zero-order valence-electron chi connectivity index (χ0n) is 8.09. The van der Waals surface area contributed by atoms with Gasteiger partial charge in [0.2, 0.25) is 0 Å². The molecular formula is C11H17N. The average Bonchev–Trinajstić information content (AvgIpc) is 2.14. The molecule has 1 aliphatic rings. The Kier molecular flexibility index (Phi) is 2.88. The molecule has 0 heterocycles. The minimum absolute atomic E-state index is 0.200. The summed E-state index contributed by atoms with van der Waals surface area (Å²) in [4.78, 5) is 0. The van der Waals surface area contributed by atoms with Gasteiger partial charge in [0.05, 0.1) is 0 Å². The van der Waals surface area contributed by atoms with E-state index in [1.54, 1.807) is 0 Å². The molecule has 0 amide bonds. The van der Waals surface area contributed by atoms with E-state index >= 15 is 0 Å². The Labute approximate surface area is 74.9 Å². The van der Waals surface area contributed by atoms with Crippen LogP contribution in [0.3, 0.4) is 0 Å². The van der Waals surface area contributed by atoms with E-state index in [1.807, 2.05) is 7.05 Å². The van der Waals surface area contributed by atoms with E-state index in [2.05, 4.69) is 49.5 Å². The van der Waals surface area contributed by atoms with Crippen molar-refractivity contribution in [2.75, 3.05) is 13.6 Å². The topological polar surface area (TPSA) is 12.0 Å². The molecule has 66 valence electrons. The summed E-state index contributed by atoms with van der Waals surface area (Å²) >= 11 is 0. The van der Waals surface area contributed by atoms with Gasteiger partial charge in [-0.3, -0.25) is 0 Å². The lowest BCUT2D eigenvalue weighted by molar-refractivity contribution is 0.626. The van der Waals surface area contributed by atoms with Crippen molar-refractivity contribution in [1.29, 1.82) is 0 Å². The molecule has 0 unspecified atom stereocenters. The summed E-state index contributed by atoms with van der Waals surface area (Å²) in [5.74, 6) is 0. The second-order valence-corrected chi connectivity index (χ2v) is 3.79. The Balaban J connectivity index is 2.72. The van der Waals surface area contributed by atoms with Crippen LogP contribution >= 0.6 is 0 Å². The molecule has 0 fully saturated rings. The molecule has 0 radical (unpaired) electrons. The lowest BCUT2D eigenvalue weighted by atomic mass is 9.93. The predicted octanol–water partition coefficient (Wildman–Crippen LogP) is 2.28. The summed E-state index contributed by atoms with van der Waals surface area (Å²) in [6, 6.07) is 0. The van der Waals surface area contributed by atoms with Crippen LogP contribution in [0.1, 0.15) is 13.8 Å². The first-order chi connectivity index (χ1) is 5.64. The number of allylic oxidation sites excluding steroid dienone is 4. The maximum atomic E-state index is 3.14. The van der Waals surface area contributed by atoms with Gasteiger partial charge >= 0.3 is 0 Å². The molecule has 0 aromatic carbocycles. The summed E-state index contributed by atoms with van der Waals surface area (Å²) in [6.07, 6.45) is 10.9. The molecular weight excluding hydrogens is 146 g/mol. The van der Waals surface area contributed by atoms with E-state index in [0.717, 1.165) is 6.54 Å². The number of rotatable bonds is 2. The third kappa shape index (κ3) is 2.67. The Hall–Kier alpha value is -0.820.